The smallest absolute Gasteiger partial charge is 0.394 e. The lowest BCUT2D eigenvalue weighted by molar-refractivity contribution is -0.214. The number of nitrogens with zero attached hydrogens (tertiary/aromatic N) is 8. The molecule has 244 valence electrons. The topological polar surface area (TPSA) is 206 Å². The number of aromatic nitrogens is 8. The molecule has 4 aromatic heterocycles. The van der Waals surface area contributed by atoms with Gasteiger partial charge in [0.05, 0.1) is 32.0 Å². The average Bonchev–Trinajstić information content (AvgIpc) is 3.87. The van der Waals surface area contributed by atoms with Crippen LogP contribution in [0.15, 0.2) is 37.5 Å². The zero-order valence-electron chi connectivity index (χ0n) is 24.3. The number of aliphatic hydroxyl groups excluding tert-OH is 2. The van der Waals surface area contributed by atoms with Gasteiger partial charge in [0.15, 0.2) is 58.7 Å². The van der Waals surface area contributed by atoms with Crippen molar-refractivity contribution in [1.29, 1.82) is 0 Å². The summed E-state index contributed by atoms with van der Waals surface area (Å²) in [5.41, 5.74) is 1.13. The third kappa shape index (κ3) is 5.39. The maximum atomic E-state index is 15.2. The predicted molar refractivity (Wildman–Crippen MR) is 163 cm³/mol. The number of alkyl halides is 1. The Kier molecular flexibility index (Phi) is 8.58. The maximum Gasteiger partial charge on any atom is 0.582 e. The lowest BCUT2D eigenvalue weighted by atomic mass is 9.98. The van der Waals surface area contributed by atoms with Crippen LogP contribution in [0.4, 0.5) is 16.0 Å². The highest BCUT2D eigenvalue weighted by Crippen LogP contribution is 2.48. The highest BCUT2D eigenvalue weighted by Gasteiger charge is 2.58. The van der Waals surface area contributed by atoms with Gasteiger partial charge in [0, 0.05) is 19.5 Å². The van der Waals surface area contributed by atoms with E-state index in [0.717, 1.165) is 0 Å². The van der Waals surface area contributed by atoms with Crippen molar-refractivity contribution in [3.63, 3.8) is 0 Å². The molecule has 7 rings (SSSR count). The van der Waals surface area contributed by atoms with Gasteiger partial charge in [0.25, 0.3) is 0 Å². The van der Waals surface area contributed by atoms with Gasteiger partial charge in [-0.1, -0.05) is 12.2 Å². The first-order valence-corrected chi connectivity index (χ1v) is 16.8. The predicted octanol–water partition coefficient (Wildman–Crippen LogP) is 1.68. The largest absolute Gasteiger partial charge is 0.582 e. The van der Waals surface area contributed by atoms with E-state index in [9.17, 15) is 14.8 Å². The highest BCUT2D eigenvalue weighted by molar-refractivity contribution is 8.39. The number of nitrogens with one attached hydrogen (secondary N) is 2. The SMILES string of the molecule is C[C@@H]1OC2CC1(CO)OC2n1cnc2c(NC/C=C/CNc3ncnc4c3ncn4C3OC(CO)[C@@H](O[P+](=O)S)[C@H]3F)ncnc21. The molecule has 6 unspecified atom stereocenters. The van der Waals surface area contributed by atoms with Crippen molar-refractivity contribution in [3.8, 4) is 0 Å². The standard InChI is InChI=1S/C26H30FN10O7PS/c1-13-26(8-39)6-14(41-13)24(43-26)36-11-34-17-20(30-9-32-22(17)36)28-4-2-3-5-29-21-18-23(33-10-31-21)37(12-35-18)25-16(27)19(44-45(40)46)15(7-38)42-25/h2-3,9-16,19,24-25,38-39H,4-8H2,1H3,(H2-,28,29,30,31,32,33,40,46)/p+1/b3-2+/t13-,14?,15?,16+,19+,24?,25?,26?/m0/s1. The van der Waals surface area contributed by atoms with E-state index in [2.05, 4.69) is 52.8 Å². The van der Waals surface area contributed by atoms with Crippen LogP contribution < -0.4 is 10.6 Å². The van der Waals surface area contributed by atoms with E-state index < -0.39 is 50.3 Å². The lowest BCUT2D eigenvalue weighted by Gasteiger charge is -2.34. The van der Waals surface area contributed by atoms with Gasteiger partial charge in [-0.05, 0) is 11.5 Å². The summed E-state index contributed by atoms with van der Waals surface area (Å²) in [6, 6.07) is 0. The number of rotatable bonds is 12. The Morgan fingerprint density at radius 3 is 2.17 bits per heavy atom. The molecule has 9 atom stereocenters. The molecule has 4 aromatic rings. The van der Waals surface area contributed by atoms with Crippen molar-refractivity contribution in [2.24, 2.45) is 0 Å². The molecule has 0 amide bonds. The van der Waals surface area contributed by atoms with Crippen LogP contribution in [-0.2, 0) is 23.3 Å². The molecule has 0 aromatic carbocycles. The number of fused-ring (bicyclic) bond motifs is 4. The van der Waals surface area contributed by atoms with E-state index in [4.69, 9.17) is 18.7 Å². The molecular formula is C26H31FN10O7PS+. The van der Waals surface area contributed by atoms with Gasteiger partial charge in [-0.25, -0.2) is 34.3 Å². The summed E-state index contributed by atoms with van der Waals surface area (Å²) in [4.78, 5) is 26.1. The minimum Gasteiger partial charge on any atom is -0.394 e. The lowest BCUT2D eigenvalue weighted by Crippen LogP contribution is -2.44. The van der Waals surface area contributed by atoms with Gasteiger partial charge in [0.2, 0.25) is 0 Å². The molecule has 0 aliphatic carbocycles. The third-order valence-corrected chi connectivity index (χ3v) is 9.18. The minimum atomic E-state index is -2.41. The van der Waals surface area contributed by atoms with Gasteiger partial charge in [-0.3, -0.25) is 9.13 Å². The highest BCUT2D eigenvalue weighted by atomic mass is 32.7. The molecular weight excluding hydrogens is 646 g/mol. The monoisotopic (exact) mass is 677 g/mol. The van der Waals surface area contributed by atoms with E-state index in [1.807, 2.05) is 23.6 Å². The fourth-order valence-corrected chi connectivity index (χ4v) is 6.93. The van der Waals surface area contributed by atoms with Crippen molar-refractivity contribution < 1.29 is 37.9 Å². The van der Waals surface area contributed by atoms with Crippen molar-refractivity contribution in [2.75, 3.05) is 36.9 Å². The second-order valence-electron chi connectivity index (χ2n) is 11.1. The van der Waals surface area contributed by atoms with Crippen molar-refractivity contribution in [1.82, 2.24) is 39.0 Å². The molecule has 3 saturated heterocycles. The van der Waals surface area contributed by atoms with Crippen LogP contribution >= 0.6 is 19.5 Å². The summed E-state index contributed by atoms with van der Waals surface area (Å²) in [5, 5.41) is 25.9. The molecule has 0 radical (unpaired) electrons. The third-order valence-electron chi connectivity index (χ3n) is 8.47. The Balaban J connectivity index is 0.972. The zero-order valence-corrected chi connectivity index (χ0v) is 26.1. The van der Waals surface area contributed by atoms with Gasteiger partial charge in [0.1, 0.15) is 42.7 Å². The molecule has 17 nitrogen and oxygen atoms in total. The van der Waals surface area contributed by atoms with Gasteiger partial charge in [-0.15, -0.1) is 4.52 Å². The Bertz CT molecular complexity index is 1780. The number of hydrogen-bond donors (Lipinski definition) is 5. The molecule has 46 heavy (non-hydrogen) atoms. The average molecular weight is 678 g/mol. The summed E-state index contributed by atoms with van der Waals surface area (Å²) >= 11 is 3.69. The number of anilines is 2. The van der Waals surface area contributed by atoms with Crippen molar-refractivity contribution in [2.45, 2.75) is 62.0 Å². The van der Waals surface area contributed by atoms with Crippen LogP contribution in [0.1, 0.15) is 25.8 Å². The fourth-order valence-electron chi connectivity index (χ4n) is 6.14. The maximum absolute atomic E-state index is 15.2. The van der Waals surface area contributed by atoms with Crippen LogP contribution in [0.3, 0.4) is 0 Å². The summed E-state index contributed by atoms with van der Waals surface area (Å²) in [5.74, 6) is 0.975. The molecule has 3 fully saturated rings. The second-order valence-corrected chi connectivity index (χ2v) is 12.7. The Labute approximate surface area is 266 Å². The number of halogens is 1. The van der Waals surface area contributed by atoms with Gasteiger partial charge in [-0.2, -0.15) is 0 Å². The van der Waals surface area contributed by atoms with Crippen molar-refractivity contribution >= 4 is 53.4 Å². The second kappa shape index (κ2) is 12.6. The fraction of sp³-hybridized carbons (Fsp3) is 0.538. The summed E-state index contributed by atoms with van der Waals surface area (Å²) < 4.78 is 52.8. The van der Waals surface area contributed by atoms with E-state index in [1.54, 1.807) is 6.33 Å². The molecule has 3 aliphatic rings. The molecule has 4 N–H and O–H groups in total. The molecule has 2 bridgehead atoms. The molecule has 20 heteroatoms. The number of thiol groups is 1. The normalized spacial score (nSPS) is 31.1. The molecule has 3 aliphatic heterocycles. The summed E-state index contributed by atoms with van der Waals surface area (Å²) in [6.45, 7) is 2.08. The Morgan fingerprint density at radius 1 is 1.02 bits per heavy atom. The summed E-state index contributed by atoms with van der Waals surface area (Å²) in [6.07, 6.45) is 4.04. The molecule has 7 heterocycles. The van der Waals surface area contributed by atoms with E-state index in [-0.39, 0.29) is 18.8 Å². The van der Waals surface area contributed by atoms with Gasteiger partial charge >= 0.3 is 7.23 Å². The van der Waals surface area contributed by atoms with Crippen LogP contribution in [0, 0.1) is 0 Å². The zero-order chi connectivity index (χ0) is 32.0. The Hall–Kier alpha value is -3.42. The first-order valence-electron chi connectivity index (χ1n) is 14.5. The van der Waals surface area contributed by atoms with E-state index >= 15 is 4.39 Å². The quantitative estimate of drug-likeness (QED) is 0.0822. The van der Waals surface area contributed by atoms with Gasteiger partial charge < -0.3 is 35.1 Å². The number of imidazole rings is 2. The number of ether oxygens (including phenoxy) is 3. The van der Waals surface area contributed by atoms with E-state index in [0.29, 0.717) is 53.5 Å². The van der Waals surface area contributed by atoms with Crippen LogP contribution in [-0.4, -0.2) is 112 Å². The molecule has 0 saturated carbocycles. The van der Waals surface area contributed by atoms with Crippen LogP contribution in [0.2, 0.25) is 0 Å². The summed E-state index contributed by atoms with van der Waals surface area (Å²) in [7, 11) is -2.41. The van der Waals surface area contributed by atoms with Crippen LogP contribution in [0.25, 0.3) is 22.3 Å². The molecule has 0 spiro atoms. The number of hydrogen-bond acceptors (Lipinski definition) is 15. The number of aliphatic hydroxyl groups is 2. The van der Waals surface area contributed by atoms with Crippen LogP contribution in [0.5, 0.6) is 0 Å². The Morgan fingerprint density at radius 2 is 1.63 bits per heavy atom. The first-order chi connectivity index (χ1) is 22.3. The van der Waals surface area contributed by atoms with Crippen molar-refractivity contribution in [3.05, 3.63) is 37.5 Å². The minimum absolute atomic E-state index is 0.124. The van der Waals surface area contributed by atoms with E-state index in [1.165, 1.54) is 23.5 Å². The first kappa shape index (κ1) is 31.2.